The highest BCUT2D eigenvalue weighted by Crippen LogP contribution is 2.38. The second-order valence-electron chi connectivity index (χ2n) is 7.56. The molecule has 5 nitrogen and oxygen atoms in total. The minimum Gasteiger partial charge on any atom is -0.454 e. The molecule has 1 atom stereocenters. The minimum atomic E-state index is -0.0000939. The van der Waals surface area contributed by atoms with E-state index in [1.54, 1.807) is 7.11 Å². The van der Waals surface area contributed by atoms with Gasteiger partial charge < -0.3 is 19.1 Å². The van der Waals surface area contributed by atoms with Gasteiger partial charge >= 0.3 is 0 Å². The third kappa shape index (κ3) is 4.14. The van der Waals surface area contributed by atoms with Gasteiger partial charge in [-0.3, -0.25) is 4.79 Å². The van der Waals surface area contributed by atoms with E-state index in [1.807, 2.05) is 41.3 Å². The van der Waals surface area contributed by atoms with E-state index in [0.29, 0.717) is 12.3 Å². The highest BCUT2D eigenvalue weighted by atomic mass is 16.7. The SMILES string of the molecule is COCC1CCN(C(=O)C[C@@H](c2ccccc2)c2ccc3c(c2)OCO3)CC1. The van der Waals surface area contributed by atoms with Crippen LogP contribution in [0.1, 0.15) is 36.3 Å². The maximum Gasteiger partial charge on any atom is 0.231 e. The van der Waals surface area contributed by atoms with Crippen LogP contribution < -0.4 is 9.47 Å². The van der Waals surface area contributed by atoms with Crippen molar-refractivity contribution in [2.75, 3.05) is 33.6 Å². The summed E-state index contributed by atoms with van der Waals surface area (Å²) < 4.78 is 16.3. The van der Waals surface area contributed by atoms with E-state index < -0.39 is 0 Å². The molecule has 2 heterocycles. The highest BCUT2D eigenvalue weighted by molar-refractivity contribution is 5.78. The Hall–Kier alpha value is -2.53. The molecule has 2 aromatic carbocycles. The number of methoxy groups -OCH3 is 1. The lowest BCUT2D eigenvalue weighted by molar-refractivity contribution is -0.133. The Kier molecular flexibility index (Phi) is 5.81. The molecule has 0 unspecified atom stereocenters. The minimum absolute atomic E-state index is 0.0000939. The highest BCUT2D eigenvalue weighted by Gasteiger charge is 2.27. The van der Waals surface area contributed by atoms with E-state index in [4.69, 9.17) is 14.2 Å². The summed E-state index contributed by atoms with van der Waals surface area (Å²) in [5.41, 5.74) is 2.22. The lowest BCUT2D eigenvalue weighted by atomic mass is 9.87. The van der Waals surface area contributed by atoms with E-state index in [2.05, 4.69) is 12.1 Å². The molecule has 2 aliphatic rings. The van der Waals surface area contributed by atoms with Gasteiger partial charge in [0.25, 0.3) is 0 Å². The summed E-state index contributed by atoms with van der Waals surface area (Å²) in [6, 6.07) is 16.2. The fourth-order valence-corrected chi connectivity index (χ4v) is 4.13. The normalized spacial score (nSPS) is 17.5. The number of hydrogen-bond donors (Lipinski definition) is 0. The number of rotatable bonds is 6. The van der Waals surface area contributed by atoms with Gasteiger partial charge in [0.2, 0.25) is 12.7 Å². The topological polar surface area (TPSA) is 48.0 Å². The van der Waals surface area contributed by atoms with Gasteiger partial charge in [0.15, 0.2) is 11.5 Å². The zero-order valence-corrected chi connectivity index (χ0v) is 16.3. The number of piperidine rings is 1. The summed E-state index contributed by atoms with van der Waals surface area (Å²) in [5, 5.41) is 0. The number of likely N-dealkylation sites (tertiary alicyclic amines) is 1. The fourth-order valence-electron chi connectivity index (χ4n) is 4.13. The molecule has 2 aliphatic heterocycles. The van der Waals surface area contributed by atoms with Crippen LogP contribution in [-0.2, 0) is 9.53 Å². The van der Waals surface area contributed by atoms with Crippen LogP contribution in [0.4, 0.5) is 0 Å². The van der Waals surface area contributed by atoms with Gasteiger partial charge in [-0.15, -0.1) is 0 Å². The Morgan fingerprint density at radius 2 is 1.82 bits per heavy atom. The summed E-state index contributed by atoms with van der Waals surface area (Å²) >= 11 is 0. The second kappa shape index (κ2) is 8.65. The predicted octanol–water partition coefficient (Wildman–Crippen LogP) is 3.82. The van der Waals surface area contributed by atoms with Crippen LogP contribution in [0.2, 0.25) is 0 Å². The quantitative estimate of drug-likeness (QED) is 0.763. The third-order valence-electron chi connectivity index (χ3n) is 5.75. The number of amides is 1. The molecule has 2 aromatic rings. The summed E-state index contributed by atoms with van der Waals surface area (Å²) in [6.07, 6.45) is 2.48. The van der Waals surface area contributed by atoms with Gasteiger partial charge in [0.05, 0.1) is 0 Å². The van der Waals surface area contributed by atoms with E-state index in [1.165, 1.54) is 0 Å². The molecule has 1 fully saturated rings. The van der Waals surface area contributed by atoms with Gasteiger partial charge in [-0.25, -0.2) is 0 Å². The van der Waals surface area contributed by atoms with Crippen LogP contribution in [0, 0.1) is 5.92 Å². The van der Waals surface area contributed by atoms with Gasteiger partial charge in [-0.05, 0) is 42.0 Å². The Labute approximate surface area is 166 Å². The van der Waals surface area contributed by atoms with Crippen LogP contribution in [0.5, 0.6) is 11.5 Å². The first-order chi connectivity index (χ1) is 13.7. The van der Waals surface area contributed by atoms with Crippen molar-refractivity contribution in [3.05, 3.63) is 59.7 Å². The van der Waals surface area contributed by atoms with E-state index in [9.17, 15) is 4.79 Å². The molecule has 0 aliphatic carbocycles. The first-order valence-electron chi connectivity index (χ1n) is 9.96. The lowest BCUT2D eigenvalue weighted by Crippen LogP contribution is -2.39. The standard InChI is InChI=1S/C23H27NO4/c1-26-15-17-9-11-24(12-10-17)23(25)14-20(18-5-3-2-4-6-18)19-7-8-21-22(13-19)28-16-27-21/h2-8,13,17,20H,9-12,14-16H2,1H3/t20-/m0/s1. The zero-order chi connectivity index (χ0) is 19.3. The molecule has 4 rings (SSSR count). The molecular formula is C23H27NO4. The largest absolute Gasteiger partial charge is 0.454 e. The van der Waals surface area contributed by atoms with E-state index in [-0.39, 0.29) is 18.6 Å². The molecule has 0 bridgehead atoms. The van der Waals surface area contributed by atoms with Crippen LogP contribution in [0.15, 0.2) is 48.5 Å². The first kappa shape index (κ1) is 18.8. The van der Waals surface area contributed by atoms with Crippen LogP contribution in [0.25, 0.3) is 0 Å². The molecule has 148 valence electrons. The fraction of sp³-hybridized carbons (Fsp3) is 0.435. The maximum atomic E-state index is 13.1. The molecule has 28 heavy (non-hydrogen) atoms. The Morgan fingerprint density at radius 3 is 2.57 bits per heavy atom. The molecule has 0 aromatic heterocycles. The lowest BCUT2D eigenvalue weighted by Gasteiger charge is -2.33. The maximum absolute atomic E-state index is 13.1. The van der Waals surface area contributed by atoms with Crippen molar-refractivity contribution in [3.63, 3.8) is 0 Å². The Bertz CT molecular complexity index is 800. The smallest absolute Gasteiger partial charge is 0.231 e. The summed E-state index contributed by atoms with van der Waals surface area (Å²) in [6.45, 7) is 2.67. The van der Waals surface area contributed by atoms with Crippen LogP contribution in [-0.4, -0.2) is 44.4 Å². The number of carbonyl (C=O) groups is 1. The van der Waals surface area contributed by atoms with Crippen molar-refractivity contribution < 1.29 is 19.0 Å². The second-order valence-corrected chi connectivity index (χ2v) is 7.56. The van der Waals surface area contributed by atoms with E-state index >= 15 is 0 Å². The van der Waals surface area contributed by atoms with Gasteiger partial charge in [-0.1, -0.05) is 36.4 Å². The summed E-state index contributed by atoms with van der Waals surface area (Å²) in [4.78, 5) is 15.1. The average molecular weight is 381 g/mol. The third-order valence-corrected chi connectivity index (χ3v) is 5.75. The van der Waals surface area contributed by atoms with Crippen molar-refractivity contribution >= 4 is 5.91 Å². The summed E-state index contributed by atoms with van der Waals surface area (Å²) in [7, 11) is 1.74. The predicted molar refractivity (Wildman–Crippen MR) is 107 cm³/mol. The van der Waals surface area contributed by atoms with Gasteiger partial charge in [0.1, 0.15) is 0 Å². The molecular weight excluding hydrogens is 354 g/mol. The van der Waals surface area contributed by atoms with Crippen molar-refractivity contribution in [3.8, 4) is 11.5 Å². The number of nitrogens with zero attached hydrogens (tertiary/aromatic N) is 1. The van der Waals surface area contributed by atoms with Crippen LogP contribution >= 0.6 is 0 Å². The van der Waals surface area contributed by atoms with Crippen molar-refractivity contribution in [1.82, 2.24) is 4.90 Å². The molecule has 5 heteroatoms. The Balaban J connectivity index is 1.51. The van der Waals surface area contributed by atoms with Gasteiger partial charge in [0, 0.05) is 39.1 Å². The van der Waals surface area contributed by atoms with Gasteiger partial charge in [-0.2, -0.15) is 0 Å². The zero-order valence-electron chi connectivity index (χ0n) is 16.3. The number of hydrogen-bond acceptors (Lipinski definition) is 4. The molecule has 0 spiro atoms. The molecule has 0 saturated carbocycles. The number of benzene rings is 2. The molecule has 1 saturated heterocycles. The molecule has 1 amide bonds. The summed E-state index contributed by atoms with van der Waals surface area (Å²) in [5.74, 6) is 2.29. The van der Waals surface area contributed by atoms with E-state index in [0.717, 1.165) is 55.2 Å². The number of ether oxygens (including phenoxy) is 3. The van der Waals surface area contributed by atoms with Crippen molar-refractivity contribution in [2.24, 2.45) is 5.92 Å². The first-order valence-corrected chi connectivity index (χ1v) is 9.96. The number of fused-ring (bicyclic) bond motifs is 1. The Morgan fingerprint density at radius 1 is 1.07 bits per heavy atom. The number of carbonyl (C=O) groups excluding carboxylic acids is 1. The van der Waals surface area contributed by atoms with Crippen molar-refractivity contribution in [2.45, 2.75) is 25.2 Å². The monoisotopic (exact) mass is 381 g/mol. The van der Waals surface area contributed by atoms with Crippen molar-refractivity contribution in [1.29, 1.82) is 0 Å². The van der Waals surface area contributed by atoms with Crippen LogP contribution in [0.3, 0.4) is 0 Å². The molecule has 0 radical (unpaired) electrons. The average Bonchev–Trinajstić information content (AvgIpc) is 3.21. The molecule has 0 N–H and O–H groups in total.